The van der Waals surface area contributed by atoms with Crippen LogP contribution >= 0.6 is 11.3 Å². The smallest absolute Gasteiger partial charge is 0.345 e. The van der Waals surface area contributed by atoms with Crippen LogP contribution in [0.3, 0.4) is 0 Å². The van der Waals surface area contributed by atoms with Crippen LogP contribution in [0.15, 0.2) is 35.7 Å². The Balaban J connectivity index is 1.70. The summed E-state index contributed by atoms with van der Waals surface area (Å²) in [6.07, 6.45) is 2.51. The van der Waals surface area contributed by atoms with E-state index in [1.165, 1.54) is 18.2 Å². The van der Waals surface area contributed by atoms with Crippen molar-refractivity contribution >= 4 is 23.2 Å². The number of aromatic carboxylic acids is 1. The Morgan fingerprint density at radius 3 is 2.70 bits per heavy atom. The van der Waals surface area contributed by atoms with Gasteiger partial charge in [0.1, 0.15) is 10.7 Å². The van der Waals surface area contributed by atoms with Crippen molar-refractivity contribution in [3.8, 4) is 0 Å². The van der Waals surface area contributed by atoms with Gasteiger partial charge in [-0.1, -0.05) is 12.1 Å². The summed E-state index contributed by atoms with van der Waals surface area (Å²) in [7, 11) is 0. The van der Waals surface area contributed by atoms with E-state index in [-0.39, 0.29) is 22.6 Å². The van der Waals surface area contributed by atoms with E-state index in [2.05, 4.69) is 0 Å². The number of carbonyl (C=O) groups excluding carboxylic acids is 1. The molecular weight excluding hydrogens is 317 g/mol. The van der Waals surface area contributed by atoms with Gasteiger partial charge < -0.3 is 10.0 Å². The lowest BCUT2D eigenvalue weighted by Crippen LogP contribution is -2.34. The fourth-order valence-corrected chi connectivity index (χ4v) is 3.22. The van der Waals surface area contributed by atoms with Gasteiger partial charge in [0, 0.05) is 18.0 Å². The highest BCUT2D eigenvalue weighted by Gasteiger charge is 2.33. The molecule has 0 spiro atoms. The lowest BCUT2D eigenvalue weighted by atomic mass is 10.1. The summed E-state index contributed by atoms with van der Waals surface area (Å²) in [5.74, 6) is -1.45. The van der Waals surface area contributed by atoms with Crippen LogP contribution in [0, 0.1) is 5.82 Å². The Bertz CT molecular complexity index is 739. The summed E-state index contributed by atoms with van der Waals surface area (Å²) in [5, 5.41) is 10.6. The highest BCUT2D eigenvalue weighted by Crippen LogP contribution is 2.29. The van der Waals surface area contributed by atoms with E-state index in [1.54, 1.807) is 16.3 Å². The number of benzene rings is 1. The standard InChI is InChI=1S/C17H16FNO3S/c18-13-3-1-2-11(8-13)6-7-19(14-4-5-14)16(20)12-9-15(17(21)22)23-10-12/h1-3,8-10,14H,4-7H2,(H,21,22). The summed E-state index contributed by atoms with van der Waals surface area (Å²) in [5.41, 5.74) is 1.26. The molecule has 1 amide bonds. The molecule has 4 nitrogen and oxygen atoms in total. The molecular formula is C17H16FNO3S. The third kappa shape index (κ3) is 3.76. The molecule has 1 fully saturated rings. The summed E-state index contributed by atoms with van der Waals surface area (Å²) in [6.45, 7) is 0.505. The van der Waals surface area contributed by atoms with Crippen LogP contribution in [0.4, 0.5) is 4.39 Å². The third-order valence-corrected chi connectivity index (χ3v) is 4.75. The predicted octanol–water partition coefficient (Wildman–Crippen LogP) is 3.43. The van der Waals surface area contributed by atoms with E-state index < -0.39 is 5.97 Å². The first-order valence-corrected chi connectivity index (χ1v) is 8.30. The molecule has 0 radical (unpaired) electrons. The van der Waals surface area contributed by atoms with Gasteiger partial charge in [0.25, 0.3) is 5.91 Å². The molecule has 1 aliphatic rings. The predicted molar refractivity (Wildman–Crippen MR) is 85.4 cm³/mol. The first kappa shape index (κ1) is 15.7. The van der Waals surface area contributed by atoms with E-state index >= 15 is 0 Å². The number of rotatable bonds is 6. The van der Waals surface area contributed by atoms with E-state index in [9.17, 15) is 14.0 Å². The van der Waals surface area contributed by atoms with Crippen molar-refractivity contribution in [3.63, 3.8) is 0 Å². The van der Waals surface area contributed by atoms with Crippen molar-refractivity contribution in [3.05, 3.63) is 57.5 Å². The van der Waals surface area contributed by atoms with Crippen molar-refractivity contribution in [1.29, 1.82) is 0 Å². The molecule has 23 heavy (non-hydrogen) atoms. The number of hydrogen-bond acceptors (Lipinski definition) is 3. The van der Waals surface area contributed by atoms with Crippen molar-refractivity contribution in [1.82, 2.24) is 4.90 Å². The number of halogens is 1. The number of nitrogens with zero attached hydrogens (tertiary/aromatic N) is 1. The van der Waals surface area contributed by atoms with Crippen LogP contribution in [0.25, 0.3) is 0 Å². The molecule has 0 bridgehead atoms. The van der Waals surface area contributed by atoms with Gasteiger partial charge in [-0.15, -0.1) is 11.3 Å². The molecule has 1 aromatic heterocycles. The lowest BCUT2D eigenvalue weighted by Gasteiger charge is -2.22. The maximum absolute atomic E-state index is 13.2. The molecule has 0 saturated heterocycles. The van der Waals surface area contributed by atoms with Crippen molar-refractivity contribution in [2.75, 3.05) is 6.54 Å². The molecule has 6 heteroatoms. The second-order valence-corrected chi connectivity index (χ2v) is 6.53. The Labute approximate surface area is 137 Å². The minimum atomic E-state index is -1.02. The van der Waals surface area contributed by atoms with Gasteiger partial charge in [0.05, 0.1) is 5.56 Å². The fraction of sp³-hybridized carbons (Fsp3) is 0.294. The molecule has 120 valence electrons. The fourth-order valence-electron chi connectivity index (χ4n) is 2.50. The van der Waals surface area contributed by atoms with Gasteiger partial charge in [0.15, 0.2) is 0 Å². The molecule has 1 saturated carbocycles. The number of hydrogen-bond donors (Lipinski definition) is 1. The molecule has 1 heterocycles. The third-order valence-electron chi connectivity index (χ3n) is 3.84. The first-order chi connectivity index (χ1) is 11.0. The van der Waals surface area contributed by atoms with Crippen LogP contribution in [0.5, 0.6) is 0 Å². The number of thiophene rings is 1. The number of amides is 1. The molecule has 0 atom stereocenters. The van der Waals surface area contributed by atoms with Crippen molar-refractivity contribution in [2.45, 2.75) is 25.3 Å². The van der Waals surface area contributed by atoms with Crippen LogP contribution in [0.1, 0.15) is 38.4 Å². The minimum Gasteiger partial charge on any atom is -0.477 e. The van der Waals surface area contributed by atoms with Gasteiger partial charge >= 0.3 is 5.97 Å². The zero-order valence-electron chi connectivity index (χ0n) is 12.4. The molecule has 1 aromatic carbocycles. The van der Waals surface area contributed by atoms with Gasteiger partial charge in [-0.2, -0.15) is 0 Å². The molecule has 2 aromatic rings. The van der Waals surface area contributed by atoms with Gasteiger partial charge in [-0.25, -0.2) is 9.18 Å². The monoisotopic (exact) mass is 333 g/mol. The average molecular weight is 333 g/mol. The summed E-state index contributed by atoms with van der Waals surface area (Å²) < 4.78 is 13.2. The summed E-state index contributed by atoms with van der Waals surface area (Å²) >= 11 is 1.06. The van der Waals surface area contributed by atoms with E-state index in [0.717, 1.165) is 29.7 Å². The van der Waals surface area contributed by atoms with E-state index in [4.69, 9.17) is 5.11 Å². The van der Waals surface area contributed by atoms with Crippen LogP contribution in [-0.2, 0) is 6.42 Å². The Kier molecular flexibility index (Phi) is 4.43. The highest BCUT2D eigenvalue weighted by molar-refractivity contribution is 7.12. The second kappa shape index (κ2) is 6.50. The van der Waals surface area contributed by atoms with Gasteiger partial charge in [0.2, 0.25) is 0 Å². The van der Waals surface area contributed by atoms with Crippen LogP contribution in [0.2, 0.25) is 0 Å². The van der Waals surface area contributed by atoms with E-state index in [0.29, 0.717) is 18.5 Å². The Hall–Kier alpha value is -2.21. The maximum Gasteiger partial charge on any atom is 0.345 e. The number of carbonyl (C=O) groups is 2. The minimum absolute atomic E-state index is 0.146. The zero-order valence-corrected chi connectivity index (χ0v) is 13.2. The Morgan fingerprint density at radius 1 is 1.30 bits per heavy atom. The van der Waals surface area contributed by atoms with E-state index in [1.807, 2.05) is 6.07 Å². The lowest BCUT2D eigenvalue weighted by molar-refractivity contribution is 0.0702. The number of carboxylic acids is 1. The second-order valence-electron chi connectivity index (χ2n) is 5.61. The summed E-state index contributed by atoms with van der Waals surface area (Å²) in [6, 6.07) is 8.00. The van der Waals surface area contributed by atoms with Gasteiger partial charge in [-0.05, 0) is 43.0 Å². The van der Waals surface area contributed by atoms with Crippen molar-refractivity contribution in [2.24, 2.45) is 0 Å². The molecule has 1 aliphatic carbocycles. The zero-order chi connectivity index (χ0) is 16.4. The Morgan fingerprint density at radius 2 is 2.09 bits per heavy atom. The normalized spacial score (nSPS) is 13.8. The topological polar surface area (TPSA) is 57.6 Å². The van der Waals surface area contributed by atoms with Crippen LogP contribution < -0.4 is 0 Å². The van der Waals surface area contributed by atoms with Crippen LogP contribution in [-0.4, -0.2) is 34.5 Å². The molecule has 0 unspecified atom stereocenters. The summed E-state index contributed by atoms with van der Waals surface area (Å²) in [4.78, 5) is 25.5. The van der Waals surface area contributed by atoms with Gasteiger partial charge in [-0.3, -0.25) is 4.79 Å². The largest absolute Gasteiger partial charge is 0.477 e. The molecule has 0 aliphatic heterocycles. The average Bonchev–Trinajstić information content (AvgIpc) is 3.22. The maximum atomic E-state index is 13.2. The molecule has 3 rings (SSSR count). The quantitative estimate of drug-likeness (QED) is 0.881. The first-order valence-electron chi connectivity index (χ1n) is 7.42. The highest BCUT2D eigenvalue weighted by atomic mass is 32.1. The number of carboxylic acid groups (broad SMARTS) is 1. The SMILES string of the molecule is O=C(O)c1cc(C(=O)N(CCc2cccc(F)c2)C2CC2)cs1. The van der Waals surface area contributed by atoms with Crippen molar-refractivity contribution < 1.29 is 19.1 Å². The molecule has 1 N–H and O–H groups in total.